The van der Waals surface area contributed by atoms with E-state index in [1.165, 1.54) is 12.8 Å². The fraction of sp³-hybridized carbons (Fsp3) is 0.625. The van der Waals surface area contributed by atoms with Crippen LogP contribution in [-0.2, 0) is 9.57 Å². The molecule has 0 aromatic heterocycles. The SMILES string of the molecule is CC(ONCCOCCN)c1cccc(OCC2CC2)c1. The molecular weight excluding hydrogens is 268 g/mol. The van der Waals surface area contributed by atoms with Crippen LogP contribution in [0.3, 0.4) is 0 Å². The minimum Gasteiger partial charge on any atom is -0.493 e. The third-order valence-electron chi connectivity index (χ3n) is 3.38. The Bertz CT molecular complexity index is 410. The van der Waals surface area contributed by atoms with E-state index in [2.05, 4.69) is 5.48 Å². The largest absolute Gasteiger partial charge is 0.493 e. The van der Waals surface area contributed by atoms with E-state index >= 15 is 0 Å². The first-order valence-electron chi connectivity index (χ1n) is 7.68. The predicted octanol–water partition coefficient (Wildman–Crippen LogP) is 2.03. The molecule has 1 aliphatic carbocycles. The highest BCUT2D eigenvalue weighted by Crippen LogP contribution is 2.30. The quantitative estimate of drug-likeness (QED) is 0.483. The number of hydrogen-bond acceptors (Lipinski definition) is 5. The monoisotopic (exact) mass is 294 g/mol. The molecule has 118 valence electrons. The molecule has 5 nitrogen and oxygen atoms in total. The lowest BCUT2D eigenvalue weighted by molar-refractivity contribution is -0.0275. The van der Waals surface area contributed by atoms with Crippen LogP contribution in [0.2, 0.25) is 0 Å². The number of benzene rings is 1. The van der Waals surface area contributed by atoms with Gasteiger partial charge in [-0.25, -0.2) is 0 Å². The van der Waals surface area contributed by atoms with Gasteiger partial charge in [-0.15, -0.1) is 0 Å². The van der Waals surface area contributed by atoms with E-state index < -0.39 is 0 Å². The molecule has 1 saturated carbocycles. The van der Waals surface area contributed by atoms with Crippen molar-refractivity contribution in [2.75, 3.05) is 32.9 Å². The molecule has 1 aromatic rings. The molecule has 0 spiro atoms. The van der Waals surface area contributed by atoms with Crippen LogP contribution in [0, 0.1) is 5.92 Å². The summed E-state index contributed by atoms with van der Waals surface area (Å²) in [6.07, 6.45) is 2.56. The van der Waals surface area contributed by atoms with Crippen LogP contribution in [0.15, 0.2) is 24.3 Å². The van der Waals surface area contributed by atoms with Gasteiger partial charge in [0.2, 0.25) is 0 Å². The van der Waals surface area contributed by atoms with E-state index in [1.54, 1.807) is 0 Å². The fourth-order valence-electron chi connectivity index (χ4n) is 1.91. The van der Waals surface area contributed by atoms with Gasteiger partial charge in [-0.2, -0.15) is 5.48 Å². The molecule has 0 amide bonds. The summed E-state index contributed by atoms with van der Waals surface area (Å²) in [5, 5.41) is 0. The molecule has 1 fully saturated rings. The molecule has 0 saturated heterocycles. The lowest BCUT2D eigenvalue weighted by Crippen LogP contribution is -2.23. The zero-order valence-electron chi connectivity index (χ0n) is 12.7. The summed E-state index contributed by atoms with van der Waals surface area (Å²) in [7, 11) is 0. The number of hydroxylamine groups is 1. The van der Waals surface area contributed by atoms with Crippen LogP contribution in [0.5, 0.6) is 5.75 Å². The molecule has 0 heterocycles. The van der Waals surface area contributed by atoms with Gasteiger partial charge in [-0.05, 0) is 43.4 Å². The molecule has 0 radical (unpaired) electrons. The van der Waals surface area contributed by atoms with Gasteiger partial charge in [-0.3, -0.25) is 4.84 Å². The maximum absolute atomic E-state index is 5.78. The van der Waals surface area contributed by atoms with Gasteiger partial charge < -0.3 is 15.2 Å². The summed E-state index contributed by atoms with van der Waals surface area (Å²) in [4.78, 5) is 5.58. The predicted molar refractivity (Wildman–Crippen MR) is 82.0 cm³/mol. The Morgan fingerprint density at radius 3 is 2.95 bits per heavy atom. The van der Waals surface area contributed by atoms with Gasteiger partial charge in [0, 0.05) is 13.1 Å². The summed E-state index contributed by atoms with van der Waals surface area (Å²) in [6.45, 7) is 5.20. The highest BCUT2D eigenvalue weighted by molar-refractivity contribution is 5.29. The number of nitrogens with one attached hydrogen (secondary N) is 1. The highest BCUT2D eigenvalue weighted by Gasteiger charge is 2.21. The van der Waals surface area contributed by atoms with Gasteiger partial charge in [0.25, 0.3) is 0 Å². The van der Waals surface area contributed by atoms with E-state index in [0.29, 0.717) is 26.3 Å². The van der Waals surface area contributed by atoms with Crippen molar-refractivity contribution in [3.05, 3.63) is 29.8 Å². The Morgan fingerprint density at radius 2 is 2.19 bits per heavy atom. The van der Waals surface area contributed by atoms with Gasteiger partial charge in [-0.1, -0.05) is 12.1 Å². The van der Waals surface area contributed by atoms with Crippen molar-refractivity contribution < 1.29 is 14.3 Å². The van der Waals surface area contributed by atoms with Gasteiger partial charge in [0.15, 0.2) is 0 Å². The van der Waals surface area contributed by atoms with Crippen molar-refractivity contribution in [3.8, 4) is 5.75 Å². The minimum absolute atomic E-state index is 0.0380. The summed E-state index contributed by atoms with van der Waals surface area (Å²) >= 11 is 0. The first-order valence-corrected chi connectivity index (χ1v) is 7.68. The molecule has 3 N–H and O–H groups in total. The van der Waals surface area contributed by atoms with Crippen LogP contribution in [-0.4, -0.2) is 32.9 Å². The summed E-state index contributed by atoms with van der Waals surface area (Å²) in [6, 6.07) is 8.08. The van der Waals surface area contributed by atoms with Gasteiger partial charge >= 0.3 is 0 Å². The van der Waals surface area contributed by atoms with Gasteiger partial charge in [0.05, 0.1) is 19.8 Å². The maximum atomic E-state index is 5.78. The molecule has 5 heteroatoms. The molecular formula is C16H26N2O3. The van der Waals surface area contributed by atoms with E-state index in [4.69, 9.17) is 20.0 Å². The molecule has 1 aliphatic rings. The number of ether oxygens (including phenoxy) is 2. The molecule has 21 heavy (non-hydrogen) atoms. The molecule has 1 unspecified atom stereocenters. The lowest BCUT2D eigenvalue weighted by Gasteiger charge is -2.15. The minimum atomic E-state index is -0.0380. The second-order valence-electron chi connectivity index (χ2n) is 5.38. The van der Waals surface area contributed by atoms with Crippen LogP contribution in [0.4, 0.5) is 0 Å². The van der Waals surface area contributed by atoms with Crippen LogP contribution >= 0.6 is 0 Å². The number of hydrogen-bond donors (Lipinski definition) is 2. The highest BCUT2D eigenvalue weighted by atomic mass is 16.7. The van der Waals surface area contributed by atoms with E-state index in [0.717, 1.165) is 23.8 Å². The molecule has 0 bridgehead atoms. The molecule has 2 rings (SSSR count). The van der Waals surface area contributed by atoms with Crippen molar-refractivity contribution in [2.24, 2.45) is 11.7 Å². The Kier molecular flexibility index (Phi) is 6.95. The van der Waals surface area contributed by atoms with Gasteiger partial charge in [0.1, 0.15) is 11.9 Å². The van der Waals surface area contributed by atoms with Crippen molar-refractivity contribution in [1.82, 2.24) is 5.48 Å². The number of rotatable bonds is 11. The maximum Gasteiger partial charge on any atom is 0.119 e. The van der Waals surface area contributed by atoms with Crippen molar-refractivity contribution in [3.63, 3.8) is 0 Å². The average Bonchev–Trinajstić information content (AvgIpc) is 3.33. The summed E-state index contributed by atoms with van der Waals surface area (Å²) < 4.78 is 11.0. The second kappa shape index (κ2) is 9.00. The lowest BCUT2D eigenvalue weighted by atomic mass is 10.1. The first-order chi connectivity index (χ1) is 10.3. The van der Waals surface area contributed by atoms with Crippen LogP contribution in [0.1, 0.15) is 31.4 Å². The zero-order valence-corrected chi connectivity index (χ0v) is 12.7. The van der Waals surface area contributed by atoms with Crippen molar-refractivity contribution >= 4 is 0 Å². The Balaban J connectivity index is 1.68. The van der Waals surface area contributed by atoms with Crippen LogP contribution < -0.4 is 16.0 Å². The standard InChI is InChI=1S/C16H26N2O3/c1-13(21-18-8-10-19-9-7-17)15-3-2-4-16(11-15)20-12-14-5-6-14/h2-4,11,13-14,18H,5-10,12,17H2,1H3. The molecule has 0 aliphatic heterocycles. The van der Waals surface area contributed by atoms with Crippen LogP contribution in [0.25, 0.3) is 0 Å². The average molecular weight is 294 g/mol. The summed E-state index contributed by atoms with van der Waals surface area (Å²) in [5.74, 6) is 1.68. The third-order valence-corrected chi connectivity index (χ3v) is 3.38. The second-order valence-corrected chi connectivity index (χ2v) is 5.38. The van der Waals surface area contributed by atoms with Crippen molar-refractivity contribution in [1.29, 1.82) is 0 Å². The smallest absolute Gasteiger partial charge is 0.119 e. The topological polar surface area (TPSA) is 65.7 Å². The zero-order chi connectivity index (χ0) is 14.9. The van der Waals surface area contributed by atoms with Crippen molar-refractivity contribution in [2.45, 2.75) is 25.9 Å². The summed E-state index contributed by atoms with van der Waals surface area (Å²) in [5.41, 5.74) is 9.35. The Labute approximate surface area is 126 Å². The normalized spacial score (nSPS) is 15.9. The molecule has 1 aromatic carbocycles. The molecule has 1 atom stereocenters. The fourth-order valence-corrected chi connectivity index (χ4v) is 1.91. The van der Waals surface area contributed by atoms with E-state index in [1.807, 2.05) is 31.2 Å². The first kappa shape index (κ1) is 16.2. The van der Waals surface area contributed by atoms with E-state index in [-0.39, 0.29) is 6.10 Å². The Morgan fingerprint density at radius 1 is 1.33 bits per heavy atom. The number of nitrogens with two attached hydrogens (primary N) is 1. The third kappa shape index (κ3) is 6.44. The Hall–Kier alpha value is -1.14. The van der Waals surface area contributed by atoms with E-state index in [9.17, 15) is 0 Å².